The lowest BCUT2D eigenvalue weighted by Gasteiger charge is -2.07. The summed E-state index contributed by atoms with van der Waals surface area (Å²) in [5.41, 5.74) is 4.97. The molecule has 0 unspecified atom stereocenters. The first-order valence-corrected chi connectivity index (χ1v) is 11.7. The number of benzene rings is 2. The summed E-state index contributed by atoms with van der Waals surface area (Å²) in [6, 6.07) is 20.2. The third-order valence-corrected chi connectivity index (χ3v) is 6.64. The summed E-state index contributed by atoms with van der Waals surface area (Å²) in [5.74, 6) is 0.544. The second-order valence-electron chi connectivity index (χ2n) is 7.07. The van der Waals surface area contributed by atoms with Gasteiger partial charge in [-0.15, -0.1) is 21.5 Å². The van der Waals surface area contributed by atoms with E-state index < -0.39 is 0 Å². The molecule has 0 aliphatic heterocycles. The predicted octanol–water partition coefficient (Wildman–Crippen LogP) is 5.44. The molecule has 1 N–H and O–H groups in total. The zero-order valence-electron chi connectivity index (χ0n) is 16.8. The van der Waals surface area contributed by atoms with E-state index in [1.54, 1.807) is 0 Å². The highest BCUT2D eigenvalue weighted by Crippen LogP contribution is 2.27. The maximum Gasteiger partial charge on any atom is 0.226 e. The third-order valence-electron chi connectivity index (χ3n) is 4.95. The number of fused-ring (bicyclic) bond motifs is 3. The Morgan fingerprint density at radius 3 is 2.77 bits per heavy atom. The smallest absolute Gasteiger partial charge is 0.226 e. The second-order valence-corrected chi connectivity index (χ2v) is 8.99. The quantitative estimate of drug-likeness (QED) is 0.353. The standard InChI is InChI=1S/C23H19N5OS2/c1-15-13-20-26-27-23(28(20)19-10-6-5-9-17(15)19)30-12-11-21(29)25-22-24-18(14-31-22)16-7-3-2-4-8-16/h2-10,13-14H,11-12H2,1H3,(H,24,25,29). The van der Waals surface area contributed by atoms with Gasteiger partial charge in [-0.3, -0.25) is 9.20 Å². The minimum absolute atomic E-state index is 0.0593. The molecule has 0 spiro atoms. The SMILES string of the molecule is Cc1cc2nnc(SCCC(=O)Nc3nc(-c4ccccc4)cs3)n2c2ccccc12. The van der Waals surface area contributed by atoms with Gasteiger partial charge in [0.1, 0.15) is 0 Å². The Hall–Kier alpha value is -3.23. The molecule has 0 saturated heterocycles. The zero-order chi connectivity index (χ0) is 21.2. The molecule has 5 rings (SSSR count). The van der Waals surface area contributed by atoms with Crippen LogP contribution >= 0.6 is 23.1 Å². The number of hydrogen-bond acceptors (Lipinski definition) is 6. The minimum atomic E-state index is -0.0593. The van der Waals surface area contributed by atoms with E-state index in [9.17, 15) is 4.79 Å². The average Bonchev–Trinajstić information content (AvgIpc) is 3.42. The number of pyridine rings is 1. The van der Waals surface area contributed by atoms with Crippen molar-refractivity contribution in [2.75, 3.05) is 11.1 Å². The van der Waals surface area contributed by atoms with Crippen molar-refractivity contribution in [2.24, 2.45) is 0 Å². The van der Waals surface area contributed by atoms with Gasteiger partial charge in [0, 0.05) is 28.5 Å². The minimum Gasteiger partial charge on any atom is -0.302 e. The molecule has 6 nitrogen and oxygen atoms in total. The van der Waals surface area contributed by atoms with Crippen LogP contribution in [-0.2, 0) is 4.79 Å². The first kappa shape index (κ1) is 19.7. The van der Waals surface area contributed by atoms with E-state index in [4.69, 9.17) is 0 Å². The summed E-state index contributed by atoms with van der Waals surface area (Å²) in [7, 11) is 0. The third kappa shape index (κ3) is 4.04. The van der Waals surface area contributed by atoms with Crippen LogP contribution in [0.3, 0.4) is 0 Å². The molecule has 0 aliphatic carbocycles. The molecular weight excluding hydrogens is 426 g/mol. The molecule has 0 aliphatic rings. The molecule has 2 aromatic carbocycles. The van der Waals surface area contributed by atoms with Gasteiger partial charge >= 0.3 is 0 Å². The van der Waals surface area contributed by atoms with E-state index >= 15 is 0 Å². The number of thioether (sulfide) groups is 1. The Balaban J connectivity index is 1.25. The van der Waals surface area contributed by atoms with Crippen molar-refractivity contribution in [1.29, 1.82) is 0 Å². The number of aryl methyl sites for hydroxylation is 1. The highest BCUT2D eigenvalue weighted by atomic mass is 32.2. The highest BCUT2D eigenvalue weighted by molar-refractivity contribution is 7.99. The van der Waals surface area contributed by atoms with Gasteiger partial charge < -0.3 is 5.32 Å². The van der Waals surface area contributed by atoms with Gasteiger partial charge in [0.05, 0.1) is 11.2 Å². The summed E-state index contributed by atoms with van der Waals surface area (Å²) in [5, 5.41) is 16.1. The number of carbonyl (C=O) groups is 1. The fourth-order valence-corrected chi connectivity index (χ4v) is 5.08. The lowest BCUT2D eigenvalue weighted by atomic mass is 10.1. The van der Waals surface area contributed by atoms with Gasteiger partial charge in [0.25, 0.3) is 0 Å². The summed E-state index contributed by atoms with van der Waals surface area (Å²) < 4.78 is 2.05. The van der Waals surface area contributed by atoms with Crippen LogP contribution in [0.2, 0.25) is 0 Å². The predicted molar refractivity (Wildman–Crippen MR) is 127 cm³/mol. The molecule has 8 heteroatoms. The molecule has 3 heterocycles. The molecule has 154 valence electrons. The van der Waals surface area contributed by atoms with Crippen molar-refractivity contribution >= 4 is 50.7 Å². The highest BCUT2D eigenvalue weighted by Gasteiger charge is 2.13. The van der Waals surface area contributed by atoms with E-state index in [1.165, 1.54) is 34.0 Å². The van der Waals surface area contributed by atoms with E-state index in [0.29, 0.717) is 17.3 Å². The van der Waals surface area contributed by atoms with Gasteiger partial charge in [-0.25, -0.2) is 4.98 Å². The first-order valence-electron chi connectivity index (χ1n) is 9.86. The Bertz CT molecular complexity index is 1380. The molecule has 0 bridgehead atoms. The molecule has 0 atom stereocenters. The summed E-state index contributed by atoms with van der Waals surface area (Å²) in [6.45, 7) is 2.08. The van der Waals surface area contributed by atoms with Crippen LogP contribution in [-0.4, -0.2) is 31.2 Å². The van der Waals surface area contributed by atoms with Crippen molar-refractivity contribution in [1.82, 2.24) is 19.6 Å². The van der Waals surface area contributed by atoms with Crippen molar-refractivity contribution in [3.63, 3.8) is 0 Å². The Kier molecular flexibility index (Phi) is 5.40. The van der Waals surface area contributed by atoms with E-state index in [1.807, 2.05) is 53.9 Å². The Labute approximate surface area is 187 Å². The molecule has 0 radical (unpaired) electrons. The topological polar surface area (TPSA) is 72.2 Å². The van der Waals surface area contributed by atoms with Crippen LogP contribution in [0, 0.1) is 6.92 Å². The van der Waals surface area contributed by atoms with E-state index in [2.05, 4.69) is 44.0 Å². The molecule has 0 saturated carbocycles. The Morgan fingerprint density at radius 2 is 1.90 bits per heavy atom. The van der Waals surface area contributed by atoms with Gasteiger partial charge in [0.2, 0.25) is 5.91 Å². The number of hydrogen-bond donors (Lipinski definition) is 1. The number of nitrogens with one attached hydrogen (secondary N) is 1. The lowest BCUT2D eigenvalue weighted by molar-refractivity contribution is -0.115. The van der Waals surface area contributed by atoms with Gasteiger partial charge in [0.15, 0.2) is 15.9 Å². The molecule has 5 aromatic rings. The van der Waals surface area contributed by atoms with E-state index in [0.717, 1.165) is 27.6 Å². The molecule has 0 fully saturated rings. The lowest BCUT2D eigenvalue weighted by Crippen LogP contribution is -2.12. The first-order chi connectivity index (χ1) is 15.2. The number of thiazole rings is 1. The zero-order valence-corrected chi connectivity index (χ0v) is 18.4. The fraction of sp³-hybridized carbons (Fsp3) is 0.130. The molecular formula is C23H19N5OS2. The number of nitrogens with zero attached hydrogens (tertiary/aromatic N) is 4. The Morgan fingerprint density at radius 1 is 1.10 bits per heavy atom. The van der Waals surface area contributed by atoms with Crippen LogP contribution < -0.4 is 5.32 Å². The molecule has 3 aromatic heterocycles. The number of amides is 1. The van der Waals surface area contributed by atoms with Crippen molar-refractivity contribution in [3.05, 3.63) is 71.6 Å². The summed E-state index contributed by atoms with van der Waals surface area (Å²) >= 11 is 2.96. The van der Waals surface area contributed by atoms with Crippen molar-refractivity contribution in [2.45, 2.75) is 18.5 Å². The maximum absolute atomic E-state index is 12.4. The largest absolute Gasteiger partial charge is 0.302 e. The number of aromatic nitrogens is 4. The normalized spacial score (nSPS) is 11.3. The number of rotatable bonds is 6. The monoisotopic (exact) mass is 445 g/mol. The maximum atomic E-state index is 12.4. The van der Waals surface area contributed by atoms with Crippen LogP contribution in [0.15, 0.2) is 71.2 Å². The van der Waals surface area contributed by atoms with Crippen LogP contribution in [0.4, 0.5) is 5.13 Å². The number of anilines is 1. The van der Waals surface area contributed by atoms with Crippen LogP contribution in [0.1, 0.15) is 12.0 Å². The van der Waals surface area contributed by atoms with Gasteiger partial charge in [-0.1, -0.05) is 60.3 Å². The van der Waals surface area contributed by atoms with Gasteiger partial charge in [-0.2, -0.15) is 0 Å². The van der Waals surface area contributed by atoms with Crippen LogP contribution in [0.5, 0.6) is 0 Å². The number of carbonyl (C=O) groups excluding carboxylic acids is 1. The molecule has 1 amide bonds. The van der Waals surface area contributed by atoms with Crippen LogP contribution in [0.25, 0.3) is 27.8 Å². The number of para-hydroxylation sites is 1. The average molecular weight is 446 g/mol. The fourth-order valence-electron chi connectivity index (χ4n) is 3.46. The molecule has 31 heavy (non-hydrogen) atoms. The van der Waals surface area contributed by atoms with Crippen molar-refractivity contribution in [3.8, 4) is 11.3 Å². The summed E-state index contributed by atoms with van der Waals surface area (Å²) in [4.78, 5) is 16.9. The van der Waals surface area contributed by atoms with Gasteiger partial charge in [-0.05, 0) is 24.6 Å². The second kappa shape index (κ2) is 8.49. The van der Waals surface area contributed by atoms with E-state index in [-0.39, 0.29) is 5.91 Å². The van der Waals surface area contributed by atoms with Crippen molar-refractivity contribution < 1.29 is 4.79 Å². The summed E-state index contributed by atoms with van der Waals surface area (Å²) in [6.07, 6.45) is 0.365.